The topological polar surface area (TPSA) is 130 Å². The molecule has 0 bridgehead atoms. The summed E-state index contributed by atoms with van der Waals surface area (Å²) in [6.07, 6.45) is 0.0473. The van der Waals surface area contributed by atoms with Crippen LogP contribution in [0.1, 0.15) is 28.3 Å². The molecule has 1 aromatic carbocycles. The second kappa shape index (κ2) is 9.86. The molecule has 9 nitrogen and oxygen atoms in total. The molecule has 0 aliphatic rings. The van der Waals surface area contributed by atoms with E-state index >= 15 is 0 Å². The van der Waals surface area contributed by atoms with Crippen molar-refractivity contribution in [2.45, 2.75) is 24.8 Å². The fourth-order valence-electron chi connectivity index (χ4n) is 2.31. The van der Waals surface area contributed by atoms with Crippen LogP contribution in [0.15, 0.2) is 45.7 Å². The number of nitriles is 1. The van der Waals surface area contributed by atoms with Crippen LogP contribution in [0.4, 0.5) is 0 Å². The number of benzene rings is 1. The molecule has 10 heteroatoms. The van der Waals surface area contributed by atoms with Gasteiger partial charge in [0, 0.05) is 20.0 Å². The summed E-state index contributed by atoms with van der Waals surface area (Å²) in [5.74, 6) is 0.193. The Kier molecular flexibility index (Phi) is 7.52. The molecule has 0 unspecified atom stereocenters. The first-order valence-electron chi connectivity index (χ1n) is 8.66. The molecular weight excluding hydrogens is 398 g/mol. The van der Waals surface area contributed by atoms with Crippen LogP contribution in [0.2, 0.25) is 0 Å². The molecular formula is C19H21N3O6S. The average Bonchev–Trinajstić information content (AvgIpc) is 3.10. The van der Waals surface area contributed by atoms with Gasteiger partial charge in [-0.3, -0.25) is 4.79 Å². The molecule has 29 heavy (non-hydrogen) atoms. The normalized spacial score (nSPS) is 10.9. The van der Waals surface area contributed by atoms with Crippen LogP contribution in [-0.2, 0) is 26.1 Å². The Morgan fingerprint density at radius 2 is 1.90 bits per heavy atom. The Bertz CT molecular complexity index is 1010. The number of rotatable bonds is 9. The number of nitrogens with one attached hydrogen (secondary N) is 1. The van der Waals surface area contributed by atoms with Gasteiger partial charge in [0.25, 0.3) is 5.91 Å². The summed E-state index contributed by atoms with van der Waals surface area (Å²) in [5.41, 5.74) is 0.109. The number of esters is 1. The van der Waals surface area contributed by atoms with Gasteiger partial charge in [0.05, 0.1) is 23.1 Å². The van der Waals surface area contributed by atoms with Gasteiger partial charge in [0.15, 0.2) is 6.61 Å². The number of sulfonamides is 1. The summed E-state index contributed by atoms with van der Waals surface area (Å²) in [6.45, 7) is 1.59. The first-order chi connectivity index (χ1) is 13.7. The van der Waals surface area contributed by atoms with Crippen molar-refractivity contribution in [3.8, 4) is 6.07 Å². The van der Waals surface area contributed by atoms with E-state index in [1.807, 2.05) is 6.07 Å². The van der Waals surface area contributed by atoms with Gasteiger partial charge >= 0.3 is 5.97 Å². The average molecular weight is 419 g/mol. The highest BCUT2D eigenvalue weighted by Crippen LogP contribution is 2.12. The predicted octanol–water partition coefficient (Wildman–Crippen LogP) is 1.60. The van der Waals surface area contributed by atoms with Gasteiger partial charge in [-0.25, -0.2) is 17.9 Å². The van der Waals surface area contributed by atoms with Crippen LogP contribution in [0.25, 0.3) is 0 Å². The minimum absolute atomic E-state index is 0.00414. The summed E-state index contributed by atoms with van der Waals surface area (Å²) in [4.78, 5) is 25.5. The largest absolute Gasteiger partial charge is 0.464 e. The summed E-state index contributed by atoms with van der Waals surface area (Å²) < 4.78 is 36.7. The number of amides is 1. The molecule has 154 valence electrons. The van der Waals surface area contributed by atoms with Crippen LogP contribution >= 0.6 is 0 Å². The third kappa shape index (κ3) is 6.44. The van der Waals surface area contributed by atoms with Crippen LogP contribution < -0.4 is 4.72 Å². The lowest BCUT2D eigenvalue weighted by Gasteiger charge is -2.15. The number of nitrogens with zero attached hydrogens (tertiary/aromatic N) is 2. The molecule has 0 spiro atoms. The second-order valence-electron chi connectivity index (χ2n) is 6.17. The lowest BCUT2D eigenvalue weighted by atomic mass is 10.2. The number of ether oxygens (including phenoxy) is 1. The number of hydrogen-bond acceptors (Lipinski definition) is 7. The lowest BCUT2D eigenvalue weighted by molar-refractivity contribution is -0.134. The van der Waals surface area contributed by atoms with Crippen molar-refractivity contribution in [3.63, 3.8) is 0 Å². The van der Waals surface area contributed by atoms with Gasteiger partial charge < -0.3 is 14.1 Å². The van der Waals surface area contributed by atoms with Crippen LogP contribution in [0.5, 0.6) is 0 Å². The maximum Gasteiger partial charge on any atom is 0.338 e. The zero-order valence-electron chi connectivity index (χ0n) is 16.0. The molecule has 1 N–H and O–H groups in total. The zero-order valence-corrected chi connectivity index (χ0v) is 16.9. The fourth-order valence-corrected chi connectivity index (χ4v) is 3.34. The Hall–Kier alpha value is -3.16. The Morgan fingerprint density at radius 1 is 1.21 bits per heavy atom. The van der Waals surface area contributed by atoms with E-state index in [9.17, 15) is 18.0 Å². The van der Waals surface area contributed by atoms with Gasteiger partial charge in [-0.1, -0.05) is 0 Å². The highest BCUT2D eigenvalue weighted by molar-refractivity contribution is 7.89. The second-order valence-corrected chi connectivity index (χ2v) is 7.94. The molecule has 1 amide bonds. The van der Waals surface area contributed by atoms with Crippen LogP contribution in [-0.4, -0.2) is 45.4 Å². The van der Waals surface area contributed by atoms with Crippen molar-refractivity contribution >= 4 is 21.9 Å². The smallest absolute Gasteiger partial charge is 0.338 e. The molecule has 0 saturated carbocycles. The van der Waals surface area contributed by atoms with Crippen molar-refractivity contribution in [3.05, 3.63) is 53.5 Å². The summed E-state index contributed by atoms with van der Waals surface area (Å²) in [6, 6.07) is 10.5. The quantitative estimate of drug-likeness (QED) is 0.482. The fraction of sp³-hybridized carbons (Fsp3) is 0.316. The monoisotopic (exact) mass is 419 g/mol. The Balaban J connectivity index is 1.88. The van der Waals surface area contributed by atoms with Crippen LogP contribution in [0.3, 0.4) is 0 Å². The predicted molar refractivity (Wildman–Crippen MR) is 102 cm³/mol. The van der Waals surface area contributed by atoms with Gasteiger partial charge in [-0.05, 0) is 43.3 Å². The van der Waals surface area contributed by atoms with E-state index in [-0.39, 0.29) is 30.0 Å². The van der Waals surface area contributed by atoms with Crippen molar-refractivity contribution in [2.75, 3.05) is 20.2 Å². The maximum absolute atomic E-state index is 12.1. The third-order valence-corrected chi connectivity index (χ3v) is 5.35. The standard InChI is InChI=1S/C19H21N3O6S/c1-14-4-7-16(28-14)12-22(2)18(23)13-27-19(24)15-5-8-17(9-6-15)29(25,26)21-11-3-10-20/h4-9,21H,3,11-13H2,1-2H3. The Labute approximate surface area is 168 Å². The van der Waals surface area contributed by atoms with E-state index in [1.54, 1.807) is 26.1 Å². The number of aryl methyl sites for hydroxylation is 1. The SMILES string of the molecule is Cc1ccc(CN(C)C(=O)COC(=O)c2ccc(S(=O)(=O)NCCC#N)cc2)o1. The number of carbonyl (C=O) groups is 2. The molecule has 2 aromatic rings. The van der Waals surface area contributed by atoms with Gasteiger partial charge in [0.1, 0.15) is 11.5 Å². The molecule has 1 aromatic heterocycles. The number of hydrogen-bond donors (Lipinski definition) is 1. The minimum Gasteiger partial charge on any atom is -0.464 e. The van der Waals surface area contributed by atoms with E-state index in [4.69, 9.17) is 14.4 Å². The number of furan rings is 1. The lowest BCUT2D eigenvalue weighted by Crippen LogP contribution is -2.30. The molecule has 0 saturated heterocycles. The molecule has 0 radical (unpaired) electrons. The first kappa shape index (κ1) is 22.1. The van der Waals surface area contributed by atoms with Crippen LogP contribution in [0, 0.1) is 18.3 Å². The van der Waals surface area contributed by atoms with E-state index in [0.29, 0.717) is 5.76 Å². The van der Waals surface area contributed by atoms with Crippen molar-refractivity contribution in [1.82, 2.24) is 9.62 Å². The molecule has 2 rings (SSSR count). The van der Waals surface area contributed by atoms with E-state index in [1.165, 1.54) is 29.2 Å². The zero-order chi connectivity index (χ0) is 21.4. The van der Waals surface area contributed by atoms with E-state index < -0.39 is 28.5 Å². The highest BCUT2D eigenvalue weighted by atomic mass is 32.2. The minimum atomic E-state index is -3.76. The molecule has 0 aliphatic heterocycles. The molecule has 0 fully saturated rings. The van der Waals surface area contributed by atoms with E-state index in [2.05, 4.69) is 4.72 Å². The third-order valence-electron chi connectivity index (χ3n) is 3.87. The van der Waals surface area contributed by atoms with E-state index in [0.717, 1.165) is 5.76 Å². The summed E-state index contributed by atoms with van der Waals surface area (Å²) >= 11 is 0. The van der Waals surface area contributed by atoms with Crippen molar-refractivity contribution in [1.29, 1.82) is 5.26 Å². The molecule has 0 atom stereocenters. The molecule has 1 heterocycles. The van der Waals surface area contributed by atoms with Crippen molar-refractivity contribution in [2.24, 2.45) is 0 Å². The van der Waals surface area contributed by atoms with Crippen molar-refractivity contribution < 1.29 is 27.2 Å². The van der Waals surface area contributed by atoms with Gasteiger partial charge in [-0.2, -0.15) is 5.26 Å². The Morgan fingerprint density at radius 3 is 2.48 bits per heavy atom. The maximum atomic E-state index is 12.1. The van der Waals surface area contributed by atoms with Gasteiger partial charge in [0.2, 0.25) is 10.0 Å². The summed E-state index contributed by atoms with van der Waals surface area (Å²) in [7, 11) is -2.20. The number of likely N-dealkylation sites (N-methyl/N-ethyl adjacent to an activating group) is 1. The highest BCUT2D eigenvalue weighted by Gasteiger charge is 2.17. The van der Waals surface area contributed by atoms with Gasteiger partial charge in [-0.15, -0.1) is 0 Å². The number of carbonyl (C=O) groups excluding carboxylic acids is 2. The summed E-state index contributed by atoms with van der Waals surface area (Å²) in [5, 5.41) is 8.46. The first-order valence-corrected chi connectivity index (χ1v) is 10.1. The molecule has 0 aliphatic carbocycles.